The van der Waals surface area contributed by atoms with Crippen molar-refractivity contribution in [3.8, 4) is 5.75 Å². The summed E-state index contributed by atoms with van der Waals surface area (Å²) in [6.07, 6.45) is 19.2. The number of aliphatic carboxylic acids is 1. The van der Waals surface area contributed by atoms with E-state index >= 15 is 0 Å². The number of phenols is 1. The van der Waals surface area contributed by atoms with E-state index in [1.807, 2.05) is 12.1 Å². The predicted octanol–water partition coefficient (Wildman–Crippen LogP) is 13.2. The Bertz CT molecular complexity index is 1290. The molecule has 3 aromatic carbocycles. The SMILES string of the molecule is CC(C)(C)c1cc(CCC(=O)O)cc(C(C)(C)C)c1O.CCCCCCCCc1ccccc1Nc1ccccc1CCCCCCCC. The number of anilines is 2. The first-order chi connectivity index (χ1) is 23.3. The Hall–Kier alpha value is -3.27. The number of hydrogen-bond donors (Lipinski definition) is 3. The third kappa shape index (κ3) is 15.9. The molecule has 0 aromatic heterocycles. The Morgan fingerprint density at radius 1 is 0.592 bits per heavy atom. The fourth-order valence-electron chi connectivity index (χ4n) is 6.29. The number of para-hydroxylation sites is 2. The maximum atomic E-state index is 10.8. The van der Waals surface area contributed by atoms with Gasteiger partial charge in [-0.15, -0.1) is 0 Å². The average molecular weight is 672 g/mol. The molecule has 0 fully saturated rings. The van der Waals surface area contributed by atoms with Gasteiger partial charge in [0.05, 0.1) is 0 Å². The molecule has 49 heavy (non-hydrogen) atoms. The number of hydrogen-bond acceptors (Lipinski definition) is 3. The highest BCUT2D eigenvalue weighted by Gasteiger charge is 2.26. The molecular weight excluding hydrogens is 602 g/mol. The number of aryl methyl sites for hydroxylation is 3. The number of nitrogens with one attached hydrogen (secondary N) is 1. The van der Waals surface area contributed by atoms with Gasteiger partial charge in [-0.25, -0.2) is 0 Å². The van der Waals surface area contributed by atoms with Gasteiger partial charge in [-0.3, -0.25) is 4.79 Å². The van der Waals surface area contributed by atoms with Gasteiger partial charge in [-0.1, -0.05) is 168 Å². The summed E-state index contributed by atoms with van der Waals surface area (Å²) in [5.41, 5.74) is 7.87. The average Bonchev–Trinajstić information content (AvgIpc) is 3.04. The van der Waals surface area contributed by atoms with E-state index in [2.05, 4.69) is 109 Å². The lowest BCUT2D eigenvalue weighted by Gasteiger charge is -2.28. The van der Waals surface area contributed by atoms with Gasteiger partial charge in [-0.2, -0.15) is 0 Å². The van der Waals surface area contributed by atoms with Crippen molar-refractivity contribution in [3.05, 3.63) is 88.5 Å². The topological polar surface area (TPSA) is 69.6 Å². The van der Waals surface area contributed by atoms with Crippen LogP contribution in [0.5, 0.6) is 5.75 Å². The molecule has 4 nitrogen and oxygen atoms in total. The van der Waals surface area contributed by atoms with Crippen molar-refractivity contribution in [2.24, 2.45) is 0 Å². The van der Waals surface area contributed by atoms with Crippen LogP contribution in [-0.2, 0) is 34.9 Å². The second-order valence-electron chi connectivity index (χ2n) is 15.9. The zero-order valence-electron chi connectivity index (χ0n) is 32.4. The van der Waals surface area contributed by atoms with Crippen LogP contribution in [0.4, 0.5) is 11.4 Å². The normalized spacial score (nSPS) is 11.6. The van der Waals surface area contributed by atoms with Crippen molar-refractivity contribution in [2.45, 2.75) is 169 Å². The number of rotatable bonds is 19. The molecule has 0 radical (unpaired) electrons. The fraction of sp³-hybridized carbons (Fsp3) is 0.578. The van der Waals surface area contributed by atoms with Gasteiger partial charge in [0.1, 0.15) is 5.75 Å². The van der Waals surface area contributed by atoms with Gasteiger partial charge in [0.25, 0.3) is 0 Å². The van der Waals surface area contributed by atoms with Crippen molar-refractivity contribution in [1.82, 2.24) is 0 Å². The first kappa shape index (κ1) is 41.9. The second kappa shape index (κ2) is 21.7. The maximum Gasteiger partial charge on any atom is 0.303 e. The highest BCUT2D eigenvalue weighted by Crippen LogP contribution is 2.40. The molecule has 0 spiro atoms. The quantitative estimate of drug-likeness (QED) is 0.111. The van der Waals surface area contributed by atoms with E-state index in [9.17, 15) is 9.90 Å². The third-order valence-electron chi connectivity index (χ3n) is 9.32. The molecule has 0 aliphatic carbocycles. The minimum atomic E-state index is -0.798. The van der Waals surface area contributed by atoms with Crippen molar-refractivity contribution < 1.29 is 15.0 Å². The molecule has 0 saturated carbocycles. The summed E-state index contributed by atoms with van der Waals surface area (Å²) in [6, 6.07) is 21.6. The molecule has 0 aliphatic heterocycles. The van der Waals surface area contributed by atoms with Gasteiger partial charge in [0.15, 0.2) is 0 Å². The summed E-state index contributed by atoms with van der Waals surface area (Å²) >= 11 is 0. The van der Waals surface area contributed by atoms with Crippen molar-refractivity contribution in [2.75, 3.05) is 5.32 Å². The minimum absolute atomic E-state index is 0.109. The highest BCUT2D eigenvalue weighted by molar-refractivity contribution is 5.67. The van der Waals surface area contributed by atoms with Crippen molar-refractivity contribution in [3.63, 3.8) is 0 Å². The first-order valence-corrected chi connectivity index (χ1v) is 19.3. The maximum absolute atomic E-state index is 10.8. The van der Waals surface area contributed by atoms with E-state index in [1.54, 1.807) is 0 Å². The molecule has 3 N–H and O–H groups in total. The summed E-state index contributed by atoms with van der Waals surface area (Å²) in [7, 11) is 0. The van der Waals surface area contributed by atoms with Crippen LogP contribution < -0.4 is 5.32 Å². The van der Waals surface area contributed by atoms with Crippen molar-refractivity contribution >= 4 is 17.3 Å². The van der Waals surface area contributed by atoms with Crippen LogP contribution in [0.15, 0.2) is 60.7 Å². The number of phenolic OH excluding ortho intramolecular Hbond substituents is 1. The predicted molar refractivity (Wildman–Crippen MR) is 212 cm³/mol. The first-order valence-electron chi connectivity index (χ1n) is 19.3. The van der Waals surface area contributed by atoms with E-state index in [4.69, 9.17) is 5.11 Å². The number of carboxylic acid groups (broad SMARTS) is 1. The molecule has 0 unspecified atom stereocenters. The van der Waals surface area contributed by atoms with Crippen molar-refractivity contribution in [1.29, 1.82) is 0 Å². The number of carbonyl (C=O) groups is 1. The molecule has 0 aliphatic rings. The summed E-state index contributed by atoms with van der Waals surface area (Å²) < 4.78 is 0. The molecular formula is C45H69NO3. The molecule has 0 saturated heterocycles. The highest BCUT2D eigenvalue weighted by atomic mass is 16.4. The summed E-state index contributed by atoms with van der Waals surface area (Å²) in [4.78, 5) is 10.8. The Balaban J connectivity index is 0.000000365. The van der Waals surface area contributed by atoms with Crippen LogP contribution in [-0.4, -0.2) is 16.2 Å². The summed E-state index contributed by atoms with van der Waals surface area (Å²) in [6.45, 7) is 16.9. The number of carboxylic acids is 1. The van der Waals surface area contributed by atoms with Crippen LogP contribution in [0.2, 0.25) is 0 Å². The molecule has 0 bridgehead atoms. The van der Waals surface area contributed by atoms with Gasteiger partial charge >= 0.3 is 5.97 Å². The molecule has 4 heteroatoms. The molecule has 0 amide bonds. The lowest BCUT2D eigenvalue weighted by molar-refractivity contribution is -0.136. The van der Waals surface area contributed by atoms with Crippen LogP contribution in [0, 0.1) is 0 Å². The second-order valence-corrected chi connectivity index (χ2v) is 15.9. The largest absolute Gasteiger partial charge is 0.507 e. The standard InChI is InChI=1S/C28H43N.C17H26O3/c1-3-5-7-9-11-13-19-25-21-15-17-23-27(25)29-28-24-18-16-22-26(28)20-14-12-10-8-6-4-2;1-16(2,3)12-9-11(7-8-14(18)19)10-13(15(12)20)17(4,5)6/h15-18,21-24,29H,3-14,19-20H2,1-2H3;9-10,20H,7-8H2,1-6H3,(H,18,19). The monoisotopic (exact) mass is 672 g/mol. The minimum Gasteiger partial charge on any atom is -0.507 e. The lowest BCUT2D eigenvalue weighted by atomic mass is 9.78. The van der Waals surface area contributed by atoms with Crippen LogP contribution in [0.3, 0.4) is 0 Å². The Morgan fingerprint density at radius 3 is 1.37 bits per heavy atom. The molecule has 3 rings (SSSR count). The van der Waals surface area contributed by atoms with Gasteiger partial charge in [-0.05, 0) is 82.9 Å². The molecule has 0 atom stereocenters. The van der Waals surface area contributed by atoms with E-state index in [0.29, 0.717) is 12.2 Å². The Morgan fingerprint density at radius 2 is 0.980 bits per heavy atom. The molecule has 3 aromatic rings. The van der Waals surface area contributed by atoms with Gasteiger partial charge in [0, 0.05) is 17.8 Å². The summed E-state index contributed by atoms with van der Waals surface area (Å²) in [5.74, 6) is -0.461. The van der Waals surface area contributed by atoms with E-state index in [1.165, 1.54) is 112 Å². The zero-order chi connectivity index (χ0) is 36.3. The van der Waals surface area contributed by atoms with Crippen LogP contribution in [0.25, 0.3) is 0 Å². The lowest BCUT2D eigenvalue weighted by Crippen LogP contribution is -2.18. The van der Waals surface area contributed by atoms with E-state index in [0.717, 1.165) is 16.7 Å². The molecule has 272 valence electrons. The van der Waals surface area contributed by atoms with Crippen LogP contribution in [0.1, 0.15) is 167 Å². The smallest absolute Gasteiger partial charge is 0.303 e. The third-order valence-corrected chi connectivity index (χ3v) is 9.32. The van der Waals surface area contributed by atoms with Gasteiger partial charge < -0.3 is 15.5 Å². The molecule has 0 heterocycles. The van der Waals surface area contributed by atoms with E-state index < -0.39 is 5.97 Å². The Kier molecular flexibility index (Phi) is 18.6. The zero-order valence-corrected chi connectivity index (χ0v) is 32.4. The van der Waals surface area contributed by atoms with Crippen LogP contribution >= 0.6 is 0 Å². The number of unbranched alkanes of at least 4 members (excludes halogenated alkanes) is 10. The number of benzene rings is 3. The summed E-state index contributed by atoms with van der Waals surface area (Å²) in [5, 5.41) is 23.1. The van der Waals surface area contributed by atoms with E-state index in [-0.39, 0.29) is 17.3 Å². The van der Waals surface area contributed by atoms with Gasteiger partial charge in [0.2, 0.25) is 0 Å². The number of aromatic hydroxyl groups is 1. The fourth-order valence-corrected chi connectivity index (χ4v) is 6.29. The Labute approximate surface area is 300 Å².